The van der Waals surface area contributed by atoms with E-state index < -0.39 is 0 Å². The molecule has 0 aromatic carbocycles. The number of rotatable bonds is 7. The molecule has 0 spiro atoms. The number of hydrogen-bond donors (Lipinski definition) is 1. The zero-order valence-corrected chi connectivity index (χ0v) is 12.3. The third kappa shape index (κ3) is 4.78. The van der Waals surface area contributed by atoms with Crippen LogP contribution in [0.2, 0.25) is 0 Å². The summed E-state index contributed by atoms with van der Waals surface area (Å²) >= 11 is 1.45. The maximum atomic E-state index is 11.7. The molecule has 18 heavy (non-hydrogen) atoms. The predicted octanol–water partition coefficient (Wildman–Crippen LogP) is 3.75. The quantitative estimate of drug-likeness (QED) is 0.606. The summed E-state index contributed by atoms with van der Waals surface area (Å²) in [5.41, 5.74) is 6.09. The summed E-state index contributed by atoms with van der Waals surface area (Å²) in [5, 5.41) is 0. The molecular weight excluding hydrogens is 246 g/mol. The van der Waals surface area contributed by atoms with Crippen molar-refractivity contribution >= 4 is 17.3 Å². The summed E-state index contributed by atoms with van der Waals surface area (Å²) in [6.45, 7) is 6.86. The number of carbonyl (C=O) groups excluding carboxylic acids is 1. The van der Waals surface area contributed by atoms with Gasteiger partial charge in [-0.2, -0.15) is 0 Å². The van der Waals surface area contributed by atoms with Gasteiger partial charge in [0.05, 0.1) is 6.61 Å². The Labute approximate surface area is 113 Å². The van der Waals surface area contributed by atoms with E-state index in [0.717, 1.165) is 24.1 Å². The molecule has 0 radical (unpaired) electrons. The topological polar surface area (TPSA) is 52.3 Å². The lowest BCUT2D eigenvalue weighted by Crippen LogP contribution is -2.11. The Hall–Kier alpha value is -0.870. The molecule has 3 nitrogen and oxygen atoms in total. The number of unbranched alkanes of at least 4 members (excludes halogenated alkanes) is 1. The van der Waals surface area contributed by atoms with E-state index in [0.29, 0.717) is 17.4 Å². The van der Waals surface area contributed by atoms with E-state index in [4.69, 9.17) is 10.5 Å². The molecule has 4 heteroatoms. The van der Waals surface area contributed by atoms with Crippen LogP contribution in [0, 0.1) is 5.92 Å². The summed E-state index contributed by atoms with van der Waals surface area (Å²) in [6.07, 6.45) is 2.88. The molecule has 0 aliphatic heterocycles. The summed E-state index contributed by atoms with van der Waals surface area (Å²) in [5.74, 6) is 0.332. The smallest absolute Gasteiger partial charge is 0.348 e. The lowest BCUT2D eigenvalue weighted by atomic mass is 10.0. The van der Waals surface area contributed by atoms with Gasteiger partial charge >= 0.3 is 5.97 Å². The van der Waals surface area contributed by atoms with Gasteiger partial charge in [-0.25, -0.2) is 4.79 Å². The molecule has 1 unspecified atom stereocenters. The van der Waals surface area contributed by atoms with Gasteiger partial charge in [-0.1, -0.05) is 27.2 Å². The van der Waals surface area contributed by atoms with E-state index >= 15 is 0 Å². The lowest BCUT2D eigenvalue weighted by Gasteiger charge is -2.11. The SMILES string of the molecule is CCCCOC(=O)c1ccc(C(N)CC(C)C)s1. The van der Waals surface area contributed by atoms with Crippen LogP contribution in [-0.4, -0.2) is 12.6 Å². The number of ether oxygens (including phenoxy) is 1. The number of thiophene rings is 1. The van der Waals surface area contributed by atoms with Crippen LogP contribution in [0.5, 0.6) is 0 Å². The van der Waals surface area contributed by atoms with Crippen LogP contribution < -0.4 is 5.73 Å². The lowest BCUT2D eigenvalue weighted by molar-refractivity contribution is 0.0505. The fourth-order valence-electron chi connectivity index (χ4n) is 1.67. The van der Waals surface area contributed by atoms with Crippen molar-refractivity contribution in [1.29, 1.82) is 0 Å². The molecule has 102 valence electrons. The van der Waals surface area contributed by atoms with E-state index in [1.54, 1.807) is 0 Å². The van der Waals surface area contributed by atoms with Gasteiger partial charge in [-0.15, -0.1) is 11.3 Å². The van der Waals surface area contributed by atoms with Crippen LogP contribution in [0.4, 0.5) is 0 Å². The third-order valence-corrected chi connectivity index (χ3v) is 3.85. The Morgan fingerprint density at radius 2 is 2.17 bits per heavy atom. The highest BCUT2D eigenvalue weighted by Crippen LogP contribution is 2.26. The van der Waals surface area contributed by atoms with E-state index in [1.165, 1.54) is 11.3 Å². The van der Waals surface area contributed by atoms with Crippen LogP contribution in [0.25, 0.3) is 0 Å². The van der Waals surface area contributed by atoms with Gasteiger partial charge in [0.2, 0.25) is 0 Å². The number of hydrogen-bond acceptors (Lipinski definition) is 4. The molecule has 0 saturated carbocycles. The molecule has 1 rings (SSSR count). The van der Waals surface area contributed by atoms with Crippen molar-refractivity contribution in [3.05, 3.63) is 21.9 Å². The Kier molecular flexibility index (Phi) is 6.36. The fourth-order valence-corrected chi connectivity index (χ4v) is 2.58. The van der Waals surface area contributed by atoms with E-state index in [9.17, 15) is 4.79 Å². The van der Waals surface area contributed by atoms with Gasteiger partial charge in [-0.05, 0) is 30.9 Å². The number of carbonyl (C=O) groups is 1. The zero-order chi connectivity index (χ0) is 13.5. The van der Waals surface area contributed by atoms with E-state index in [2.05, 4.69) is 20.8 Å². The predicted molar refractivity (Wildman–Crippen MR) is 75.9 cm³/mol. The second-order valence-electron chi connectivity index (χ2n) is 4.93. The maximum absolute atomic E-state index is 11.7. The molecule has 1 aromatic rings. The summed E-state index contributed by atoms with van der Waals surface area (Å²) in [7, 11) is 0. The van der Waals surface area contributed by atoms with Crippen molar-refractivity contribution in [1.82, 2.24) is 0 Å². The van der Waals surface area contributed by atoms with Crippen LogP contribution in [0.15, 0.2) is 12.1 Å². The zero-order valence-electron chi connectivity index (χ0n) is 11.4. The molecule has 1 aromatic heterocycles. The molecule has 0 aliphatic carbocycles. The number of nitrogens with two attached hydrogens (primary N) is 1. The van der Waals surface area contributed by atoms with Crippen LogP contribution in [0.1, 0.15) is 60.6 Å². The molecule has 0 aliphatic rings. The molecule has 1 atom stereocenters. The minimum absolute atomic E-state index is 0.0205. The first-order valence-corrected chi connectivity index (χ1v) is 7.38. The maximum Gasteiger partial charge on any atom is 0.348 e. The van der Waals surface area contributed by atoms with E-state index in [-0.39, 0.29) is 12.0 Å². The van der Waals surface area contributed by atoms with Crippen LogP contribution in [-0.2, 0) is 4.74 Å². The highest BCUT2D eigenvalue weighted by atomic mass is 32.1. The first-order chi connectivity index (χ1) is 8.54. The first kappa shape index (κ1) is 15.2. The highest BCUT2D eigenvalue weighted by Gasteiger charge is 2.15. The molecule has 1 heterocycles. The average Bonchev–Trinajstić information content (AvgIpc) is 2.77. The Morgan fingerprint density at radius 3 is 2.78 bits per heavy atom. The van der Waals surface area contributed by atoms with Crippen LogP contribution >= 0.6 is 11.3 Å². The van der Waals surface area contributed by atoms with Gasteiger partial charge in [0.1, 0.15) is 4.88 Å². The molecule has 0 amide bonds. The van der Waals surface area contributed by atoms with Gasteiger partial charge in [0.15, 0.2) is 0 Å². The molecule has 0 fully saturated rings. The third-order valence-electron chi connectivity index (χ3n) is 2.65. The molecule has 2 N–H and O–H groups in total. The molecule has 0 saturated heterocycles. The average molecular weight is 269 g/mol. The minimum Gasteiger partial charge on any atom is -0.462 e. The Morgan fingerprint density at radius 1 is 1.44 bits per heavy atom. The van der Waals surface area contributed by atoms with Gasteiger partial charge in [0, 0.05) is 10.9 Å². The van der Waals surface area contributed by atoms with Gasteiger partial charge in [-0.3, -0.25) is 0 Å². The van der Waals surface area contributed by atoms with Gasteiger partial charge < -0.3 is 10.5 Å². The molecule has 0 bridgehead atoms. The fraction of sp³-hybridized carbons (Fsp3) is 0.643. The first-order valence-electron chi connectivity index (χ1n) is 6.57. The minimum atomic E-state index is -0.226. The Bertz CT molecular complexity index is 374. The molecular formula is C14H23NO2S. The van der Waals surface area contributed by atoms with Crippen molar-refractivity contribution < 1.29 is 9.53 Å². The van der Waals surface area contributed by atoms with Crippen molar-refractivity contribution in [2.45, 2.75) is 46.1 Å². The standard InChI is InChI=1S/C14H23NO2S/c1-4-5-8-17-14(16)13-7-6-12(18-13)11(15)9-10(2)3/h6-7,10-11H,4-5,8-9,15H2,1-3H3. The van der Waals surface area contributed by atoms with Crippen molar-refractivity contribution in [2.75, 3.05) is 6.61 Å². The van der Waals surface area contributed by atoms with Crippen molar-refractivity contribution in [3.63, 3.8) is 0 Å². The van der Waals surface area contributed by atoms with E-state index in [1.807, 2.05) is 12.1 Å². The second kappa shape index (κ2) is 7.54. The van der Waals surface area contributed by atoms with Crippen molar-refractivity contribution in [3.8, 4) is 0 Å². The summed E-state index contributed by atoms with van der Waals surface area (Å²) in [6, 6.07) is 3.77. The normalized spacial score (nSPS) is 12.7. The largest absolute Gasteiger partial charge is 0.462 e. The second-order valence-corrected chi connectivity index (χ2v) is 6.04. The summed E-state index contributed by atoms with van der Waals surface area (Å²) < 4.78 is 5.17. The van der Waals surface area contributed by atoms with Crippen molar-refractivity contribution in [2.24, 2.45) is 11.7 Å². The summed E-state index contributed by atoms with van der Waals surface area (Å²) in [4.78, 5) is 13.4. The van der Waals surface area contributed by atoms with Gasteiger partial charge in [0.25, 0.3) is 0 Å². The highest BCUT2D eigenvalue weighted by molar-refractivity contribution is 7.14. The van der Waals surface area contributed by atoms with Crippen LogP contribution in [0.3, 0.4) is 0 Å². The monoisotopic (exact) mass is 269 g/mol. The number of esters is 1. The Balaban J connectivity index is 2.54.